The summed E-state index contributed by atoms with van der Waals surface area (Å²) in [5.41, 5.74) is 5.48. The minimum atomic E-state index is -0.309. The van der Waals surface area contributed by atoms with Crippen LogP contribution < -0.4 is 11.1 Å². The molecule has 4 N–H and O–H groups in total. The van der Waals surface area contributed by atoms with Crippen LogP contribution in [0.2, 0.25) is 0 Å². The zero-order valence-corrected chi connectivity index (χ0v) is 8.32. The van der Waals surface area contributed by atoms with E-state index in [4.69, 9.17) is 5.73 Å². The van der Waals surface area contributed by atoms with Gasteiger partial charge in [0.05, 0.1) is 11.8 Å². The molecule has 0 aliphatic carbocycles. The van der Waals surface area contributed by atoms with Gasteiger partial charge in [-0.2, -0.15) is 5.10 Å². The number of hydrogen-bond donors (Lipinski definition) is 3. The number of rotatable bonds is 6. The fourth-order valence-electron chi connectivity index (χ4n) is 1.10. The molecule has 0 atom stereocenters. The third-order valence-corrected chi connectivity index (χ3v) is 1.90. The van der Waals surface area contributed by atoms with E-state index in [-0.39, 0.29) is 11.8 Å². The molecule has 1 aromatic rings. The third kappa shape index (κ3) is 4.26. The highest BCUT2D eigenvalue weighted by atomic mass is 16.2. The molecule has 0 saturated heterocycles. The van der Waals surface area contributed by atoms with Crippen molar-refractivity contribution in [3.8, 4) is 0 Å². The highest BCUT2D eigenvalue weighted by Crippen LogP contribution is 1.95. The van der Waals surface area contributed by atoms with E-state index in [1.807, 2.05) is 0 Å². The van der Waals surface area contributed by atoms with Crippen molar-refractivity contribution in [1.29, 1.82) is 0 Å². The summed E-state index contributed by atoms with van der Waals surface area (Å²) in [6, 6.07) is 0. The Bertz CT molecular complexity index is 321. The number of nitrogens with two attached hydrogens (primary N) is 1. The van der Waals surface area contributed by atoms with Gasteiger partial charge in [-0.25, -0.2) is 0 Å². The summed E-state index contributed by atoms with van der Waals surface area (Å²) in [6.45, 7) is 0.539. The number of primary amides is 1. The minimum Gasteiger partial charge on any atom is -0.370 e. The first-order valence-electron chi connectivity index (χ1n) is 4.75. The van der Waals surface area contributed by atoms with Crippen LogP contribution in [0.4, 0.5) is 0 Å². The Morgan fingerprint density at radius 3 is 2.87 bits per heavy atom. The Hall–Kier alpha value is -1.85. The first kappa shape index (κ1) is 11.2. The lowest BCUT2D eigenvalue weighted by molar-refractivity contribution is -0.118. The Morgan fingerprint density at radius 2 is 2.27 bits per heavy atom. The number of aromatic nitrogens is 2. The fourth-order valence-corrected chi connectivity index (χ4v) is 1.10. The average Bonchev–Trinajstić information content (AvgIpc) is 2.69. The average molecular weight is 210 g/mol. The van der Waals surface area contributed by atoms with E-state index in [9.17, 15) is 9.59 Å². The molecular formula is C9H14N4O2. The number of carbonyl (C=O) groups is 2. The van der Waals surface area contributed by atoms with Crippen molar-refractivity contribution in [2.24, 2.45) is 5.73 Å². The lowest BCUT2D eigenvalue weighted by Gasteiger charge is -2.01. The summed E-state index contributed by atoms with van der Waals surface area (Å²) >= 11 is 0. The number of H-pyrrole nitrogens is 1. The molecule has 1 aromatic heterocycles. The number of hydrogen-bond acceptors (Lipinski definition) is 3. The van der Waals surface area contributed by atoms with Crippen LogP contribution in [-0.2, 0) is 4.79 Å². The molecule has 1 rings (SSSR count). The molecule has 1 heterocycles. The molecule has 0 unspecified atom stereocenters. The van der Waals surface area contributed by atoms with Crippen molar-refractivity contribution in [3.63, 3.8) is 0 Å². The SMILES string of the molecule is NC(=O)CCCCNC(=O)c1cn[nH]c1. The number of unbranched alkanes of at least 4 members (excludes halogenated alkanes) is 1. The van der Waals surface area contributed by atoms with E-state index in [1.54, 1.807) is 0 Å². The van der Waals surface area contributed by atoms with E-state index in [0.29, 0.717) is 24.9 Å². The zero-order valence-electron chi connectivity index (χ0n) is 8.32. The molecule has 15 heavy (non-hydrogen) atoms. The summed E-state index contributed by atoms with van der Waals surface area (Å²) in [4.78, 5) is 21.7. The van der Waals surface area contributed by atoms with E-state index in [1.165, 1.54) is 12.4 Å². The van der Waals surface area contributed by atoms with Crippen molar-refractivity contribution < 1.29 is 9.59 Å². The van der Waals surface area contributed by atoms with Crippen molar-refractivity contribution in [1.82, 2.24) is 15.5 Å². The van der Waals surface area contributed by atoms with Gasteiger partial charge in [0.1, 0.15) is 0 Å². The van der Waals surface area contributed by atoms with Crippen LogP contribution in [0.3, 0.4) is 0 Å². The smallest absolute Gasteiger partial charge is 0.254 e. The normalized spacial score (nSPS) is 9.87. The molecule has 0 aliphatic rings. The predicted octanol–water partition coefficient (Wildman–Crippen LogP) is -0.205. The maximum Gasteiger partial charge on any atom is 0.254 e. The standard InChI is InChI=1S/C9H14N4O2/c10-8(14)3-1-2-4-11-9(15)7-5-12-13-6-7/h5-6H,1-4H2,(H2,10,14)(H,11,15)(H,12,13). The van der Waals surface area contributed by atoms with Crippen LogP contribution in [0.25, 0.3) is 0 Å². The molecular weight excluding hydrogens is 196 g/mol. The lowest BCUT2D eigenvalue weighted by Crippen LogP contribution is -2.24. The Morgan fingerprint density at radius 1 is 1.47 bits per heavy atom. The quantitative estimate of drug-likeness (QED) is 0.566. The van der Waals surface area contributed by atoms with Gasteiger partial charge in [-0.3, -0.25) is 14.7 Å². The first-order chi connectivity index (χ1) is 7.20. The maximum absolute atomic E-state index is 11.3. The summed E-state index contributed by atoms with van der Waals surface area (Å²) in [6.07, 6.45) is 4.78. The summed E-state index contributed by atoms with van der Waals surface area (Å²) < 4.78 is 0. The fraction of sp³-hybridized carbons (Fsp3) is 0.444. The van der Waals surface area contributed by atoms with Crippen LogP contribution in [0.15, 0.2) is 12.4 Å². The molecule has 6 heteroatoms. The predicted molar refractivity (Wildman–Crippen MR) is 54.0 cm³/mol. The van der Waals surface area contributed by atoms with Gasteiger partial charge in [-0.05, 0) is 12.8 Å². The van der Waals surface area contributed by atoms with E-state index < -0.39 is 0 Å². The van der Waals surface area contributed by atoms with Gasteiger partial charge in [0.15, 0.2) is 0 Å². The number of amides is 2. The molecule has 0 radical (unpaired) electrons. The molecule has 82 valence electrons. The largest absolute Gasteiger partial charge is 0.370 e. The van der Waals surface area contributed by atoms with Crippen LogP contribution in [0, 0.1) is 0 Å². The number of nitrogens with one attached hydrogen (secondary N) is 2. The first-order valence-corrected chi connectivity index (χ1v) is 4.75. The molecule has 0 bridgehead atoms. The van der Waals surface area contributed by atoms with Crippen LogP contribution in [0.5, 0.6) is 0 Å². The number of nitrogens with zero attached hydrogens (tertiary/aromatic N) is 1. The topological polar surface area (TPSA) is 101 Å². The summed E-state index contributed by atoms with van der Waals surface area (Å²) in [5.74, 6) is -0.473. The van der Waals surface area contributed by atoms with Crippen molar-refractivity contribution >= 4 is 11.8 Å². The van der Waals surface area contributed by atoms with E-state index in [0.717, 1.165) is 6.42 Å². The maximum atomic E-state index is 11.3. The third-order valence-electron chi connectivity index (χ3n) is 1.90. The molecule has 0 fully saturated rings. The van der Waals surface area contributed by atoms with Gasteiger partial charge in [-0.1, -0.05) is 0 Å². The zero-order chi connectivity index (χ0) is 11.1. The van der Waals surface area contributed by atoms with Crippen LogP contribution >= 0.6 is 0 Å². The van der Waals surface area contributed by atoms with E-state index >= 15 is 0 Å². The van der Waals surface area contributed by atoms with E-state index in [2.05, 4.69) is 15.5 Å². The second kappa shape index (κ2) is 5.79. The van der Waals surface area contributed by atoms with Gasteiger partial charge >= 0.3 is 0 Å². The highest BCUT2D eigenvalue weighted by molar-refractivity contribution is 5.93. The Kier molecular flexibility index (Phi) is 4.33. The monoisotopic (exact) mass is 210 g/mol. The van der Waals surface area contributed by atoms with Crippen LogP contribution in [-0.4, -0.2) is 28.6 Å². The molecule has 0 aliphatic heterocycles. The van der Waals surface area contributed by atoms with Crippen molar-refractivity contribution in [2.45, 2.75) is 19.3 Å². The number of carbonyl (C=O) groups excluding carboxylic acids is 2. The molecule has 0 spiro atoms. The van der Waals surface area contributed by atoms with Gasteiger partial charge in [0.2, 0.25) is 5.91 Å². The summed E-state index contributed by atoms with van der Waals surface area (Å²) in [5, 5.41) is 8.93. The van der Waals surface area contributed by atoms with Crippen molar-refractivity contribution in [3.05, 3.63) is 18.0 Å². The minimum absolute atomic E-state index is 0.164. The second-order valence-corrected chi connectivity index (χ2v) is 3.17. The molecule has 2 amide bonds. The van der Waals surface area contributed by atoms with Gasteiger partial charge < -0.3 is 11.1 Å². The highest BCUT2D eigenvalue weighted by Gasteiger charge is 2.04. The Balaban J connectivity index is 2.10. The lowest BCUT2D eigenvalue weighted by atomic mass is 10.2. The van der Waals surface area contributed by atoms with Gasteiger partial charge in [0, 0.05) is 19.2 Å². The number of aromatic amines is 1. The molecule has 0 saturated carbocycles. The van der Waals surface area contributed by atoms with Crippen molar-refractivity contribution in [2.75, 3.05) is 6.54 Å². The molecule has 6 nitrogen and oxygen atoms in total. The Labute approximate surface area is 87.2 Å². The summed E-state index contributed by atoms with van der Waals surface area (Å²) in [7, 11) is 0. The van der Waals surface area contributed by atoms with Gasteiger partial charge in [0.25, 0.3) is 5.91 Å². The molecule has 0 aromatic carbocycles. The second-order valence-electron chi connectivity index (χ2n) is 3.17. The van der Waals surface area contributed by atoms with Crippen LogP contribution in [0.1, 0.15) is 29.6 Å². The van der Waals surface area contributed by atoms with Gasteiger partial charge in [-0.15, -0.1) is 0 Å².